The summed E-state index contributed by atoms with van der Waals surface area (Å²) in [5, 5.41) is 0. The van der Waals surface area contributed by atoms with E-state index in [4.69, 9.17) is 0 Å². The summed E-state index contributed by atoms with van der Waals surface area (Å²) < 4.78 is 1.63. The molecule has 1 aromatic heterocycles. The molecule has 0 spiro atoms. The fourth-order valence-corrected chi connectivity index (χ4v) is 3.13. The number of rotatable bonds is 3. The lowest BCUT2D eigenvalue weighted by Crippen LogP contribution is -2.24. The average molecular weight is 239 g/mol. The Morgan fingerprint density at radius 3 is 2.50 bits per heavy atom. The van der Waals surface area contributed by atoms with Crippen molar-refractivity contribution in [2.75, 3.05) is 0 Å². The first-order valence-electron chi connectivity index (χ1n) is 5.79. The first-order valence-corrected chi connectivity index (χ1v) is 6.61. The zero-order valence-corrected chi connectivity index (χ0v) is 10.6. The summed E-state index contributed by atoms with van der Waals surface area (Å²) in [7, 11) is 0. The van der Waals surface area contributed by atoms with Crippen LogP contribution >= 0.6 is 11.3 Å². The third-order valence-electron chi connectivity index (χ3n) is 3.50. The molecule has 2 rings (SSSR count). The van der Waals surface area contributed by atoms with E-state index >= 15 is 0 Å². The normalized spacial score (nSPS) is 16.9. The number of hydrogen-bond acceptors (Lipinski definition) is 3. The Morgan fingerprint density at radius 2 is 2.00 bits per heavy atom. The van der Waals surface area contributed by atoms with E-state index in [1.807, 2.05) is 13.8 Å². The van der Waals surface area contributed by atoms with Crippen molar-refractivity contribution in [3.63, 3.8) is 0 Å². The molecule has 0 unspecified atom stereocenters. The van der Waals surface area contributed by atoms with E-state index in [1.54, 1.807) is 4.57 Å². The van der Waals surface area contributed by atoms with Gasteiger partial charge in [-0.1, -0.05) is 24.2 Å². The minimum absolute atomic E-state index is 0.00125. The quantitative estimate of drug-likeness (QED) is 0.811. The molecule has 0 aliphatic heterocycles. The molecular formula is C12H17NO2S. The second kappa shape index (κ2) is 4.53. The van der Waals surface area contributed by atoms with Crippen molar-refractivity contribution < 1.29 is 4.79 Å². The summed E-state index contributed by atoms with van der Waals surface area (Å²) in [6, 6.07) is 0. The number of nitrogens with zero attached hydrogens (tertiary/aromatic N) is 1. The Morgan fingerprint density at radius 1 is 1.38 bits per heavy atom. The molecule has 0 amide bonds. The van der Waals surface area contributed by atoms with Gasteiger partial charge in [0.05, 0.1) is 6.54 Å². The highest BCUT2D eigenvalue weighted by Gasteiger charge is 2.23. The van der Waals surface area contributed by atoms with Gasteiger partial charge in [0.25, 0.3) is 0 Å². The SMILES string of the molecule is Cc1sc(=O)n(CC(=O)C2CCCC2)c1C. The van der Waals surface area contributed by atoms with Crippen LogP contribution in [0.1, 0.15) is 36.3 Å². The van der Waals surface area contributed by atoms with Crippen LogP contribution in [0.5, 0.6) is 0 Å². The van der Waals surface area contributed by atoms with Crippen molar-refractivity contribution in [3.05, 3.63) is 20.2 Å². The second-order valence-corrected chi connectivity index (χ2v) is 5.71. The van der Waals surface area contributed by atoms with Gasteiger partial charge in [-0.25, -0.2) is 0 Å². The third-order valence-corrected chi connectivity index (χ3v) is 4.50. The van der Waals surface area contributed by atoms with Crippen LogP contribution in [0.4, 0.5) is 0 Å². The van der Waals surface area contributed by atoms with E-state index in [0.29, 0.717) is 0 Å². The minimum atomic E-state index is 0.00125. The van der Waals surface area contributed by atoms with Crippen molar-refractivity contribution in [3.8, 4) is 0 Å². The molecule has 1 fully saturated rings. The Labute approximate surface area is 99.1 Å². The van der Waals surface area contributed by atoms with E-state index in [0.717, 1.165) is 36.3 Å². The van der Waals surface area contributed by atoms with Gasteiger partial charge in [0.15, 0.2) is 5.78 Å². The molecule has 1 saturated carbocycles. The first-order chi connectivity index (χ1) is 7.59. The molecule has 0 N–H and O–H groups in total. The maximum Gasteiger partial charge on any atom is 0.307 e. The molecule has 4 heteroatoms. The van der Waals surface area contributed by atoms with Crippen molar-refractivity contribution in [1.29, 1.82) is 0 Å². The monoisotopic (exact) mass is 239 g/mol. The number of thiazole rings is 1. The number of carbonyl (C=O) groups excluding carboxylic acids is 1. The largest absolute Gasteiger partial charge is 0.307 e. The zero-order chi connectivity index (χ0) is 11.7. The minimum Gasteiger partial charge on any atom is -0.297 e. The van der Waals surface area contributed by atoms with E-state index in [2.05, 4.69) is 0 Å². The summed E-state index contributed by atoms with van der Waals surface area (Å²) in [5.74, 6) is 0.437. The molecule has 0 radical (unpaired) electrons. The van der Waals surface area contributed by atoms with Gasteiger partial charge in [0, 0.05) is 16.5 Å². The van der Waals surface area contributed by atoms with E-state index in [1.165, 1.54) is 11.3 Å². The van der Waals surface area contributed by atoms with Crippen LogP contribution in [-0.2, 0) is 11.3 Å². The summed E-state index contributed by atoms with van der Waals surface area (Å²) >= 11 is 1.24. The standard InChI is InChI=1S/C12H17NO2S/c1-8-9(2)16-12(15)13(8)7-11(14)10-5-3-4-6-10/h10H,3-7H2,1-2H3. The molecule has 1 aromatic rings. The molecule has 1 aliphatic carbocycles. The lowest BCUT2D eigenvalue weighted by Gasteiger charge is -2.09. The number of aromatic nitrogens is 1. The highest BCUT2D eigenvalue weighted by atomic mass is 32.1. The smallest absolute Gasteiger partial charge is 0.297 e. The van der Waals surface area contributed by atoms with Gasteiger partial charge in [-0.05, 0) is 26.7 Å². The Hall–Kier alpha value is -0.900. The summed E-state index contributed by atoms with van der Waals surface area (Å²) in [6.45, 7) is 4.12. The first kappa shape index (κ1) is 11.6. The molecule has 0 bridgehead atoms. The maximum atomic E-state index is 12.0. The van der Waals surface area contributed by atoms with Crippen LogP contribution in [0.2, 0.25) is 0 Å². The summed E-state index contributed by atoms with van der Waals surface area (Å²) in [6.07, 6.45) is 4.34. The predicted octanol–water partition coefficient (Wildman–Crippen LogP) is 2.29. The van der Waals surface area contributed by atoms with Crippen LogP contribution in [0.25, 0.3) is 0 Å². The van der Waals surface area contributed by atoms with E-state index < -0.39 is 0 Å². The summed E-state index contributed by atoms with van der Waals surface area (Å²) in [5.41, 5.74) is 0.946. The van der Waals surface area contributed by atoms with Gasteiger partial charge >= 0.3 is 4.87 Å². The molecule has 1 aliphatic rings. The van der Waals surface area contributed by atoms with Gasteiger partial charge in [-0.15, -0.1) is 0 Å². The zero-order valence-electron chi connectivity index (χ0n) is 9.78. The molecule has 16 heavy (non-hydrogen) atoms. The predicted molar refractivity (Wildman–Crippen MR) is 65.0 cm³/mol. The van der Waals surface area contributed by atoms with E-state index in [9.17, 15) is 9.59 Å². The lowest BCUT2D eigenvalue weighted by molar-refractivity contribution is -0.123. The lowest BCUT2D eigenvalue weighted by atomic mass is 10.0. The number of aryl methyl sites for hydroxylation is 1. The van der Waals surface area contributed by atoms with Crippen molar-refractivity contribution in [1.82, 2.24) is 4.57 Å². The van der Waals surface area contributed by atoms with Crippen LogP contribution in [0, 0.1) is 19.8 Å². The molecule has 0 saturated heterocycles. The highest BCUT2D eigenvalue weighted by Crippen LogP contribution is 2.26. The van der Waals surface area contributed by atoms with Gasteiger partial charge in [-0.3, -0.25) is 14.2 Å². The third kappa shape index (κ3) is 2.12. The molecular weight excluding hydrogens is 222 g/mol. The Balaban J connectivity index is 2.14. The average Bonchev–Trinajstić information content (AvgIpc) is 2.83. The highest BCUT2D eigenvalue weighted by molar-refractivity contribution is 7.09. The van der Waals surface area contributed by atoms with Crippen LogP contribution in [0.3, 0.4) is 0 Å². The Kier molecular flexibility index (Phi) is 3.28. The second-order valence-electron chi connectivity index (χ2n) is 4.54. The Bertz CT molecular complexity index is 452. The fraction of sp³-hybridized carbons (Fsp3) is 0.667. The molecule has 0 aromatic carbocycles. The van der Waals surface area contributed by atoms with Crippen LogP contribution in [0.15, 0.2) is 4.79 Å². The summed E-state index contributed by atoms with van der Waals surface area (Å²) in [4.78, 5) is 24.6. The van der Waals surface area contributed by atoms with Gasteiger partial charge < -0.3 is 0 Å². The van der Waals surface area contributed by atoms with Crippen molar-refractivity contribution in [2.24, 2.45) is 5.92 Å². The maximum absolute atomic E-state index is 12.0. The van der Waals surface area contributed by atoms with Gasteiger partial charge in [-0.2, -0.15) is 0 Å². The number of hydrogen-bond donors (Lipinski definition) is 0. The number of ketones is 1. The molecule has 0 atom stereocenters. The van der Waals surface area contributed by atoms with E-state index in [-0.39, 0.29) is 23.1 Å². The van der Waals surface area contributed by atoms with Crippen LogP contribution < -0.4 is 4.87 Å². The molecule has 3 nitrogen and oxygen atoms in total. The van der Waals surface area contributed by atoms with Gasteiger partial charge in [0.1, 0.15) is 0 Å². The van der Waals surface area contributed by atoms with Crippen LogP contribution in [-0.4, -0.2) is 10.4 Å². The number of Topliss-reactive ketones (excluding diaryl/α,β-unsaturated/α-hetero) is 1. The van der Waals surface area contributed by atoms with Gasteiger partial charge in [0.2, 0.25) is 0 Å². The fourth-order valence-electron chi connectivity index (χ4n) is 2.30. The number of carbonyl (C=O) groups is 1. The topological polar surface area (TPSA) is 39.1 Å². The van der Waals surface area contributed by atoms with Crippen molar-refractivity contribution in [2.45, 2.75) is 46.1 Å². The molecule has 88 valence electrons. The van der Waals surface area contributed by atoms with Crippen molar-refractivity contribution >= 4 is 17.1 Å². The molecule has 1 heterocycles.